The summed E-state index contributed by atoms with van der Waals surface area (Å²) in [5, 5.41) is 8.95. The Hall–Kier alpha value is -2.23. The molecule has 0 N–H and O–H groups in total. The fourth-order valence-electron chi connectivity index (χ4n) is 4.11. The van der Waals surface area contributed by atoms with Gasteiger partial charge in [-0.1, -0.05) is 6.07 Å². The van der Waals surface area contributed by atoms with Crippen LogP contribution in [0.5, 0.6) is 0 Å². The number of amides is 1. The fourth-order valence-corrected chi connectivity index (χ4v) is 4.91. The van der Waals surface area contributed by atoms with Gasteiger partial charge in [0.2, 0.25) is 0 Å². The van der Waals surface area contributed by atoms with Crippen LogP contribution in [0.3, 0.4) is 0 Å². The fraction of sp³-hybridized carbons (Fsp3) is 0.429. The van der Waals surface area contributed by atoms with Gasteiger partial charge in [-0.3, -0.25) is 4.79 Å². The van der Waals surface area contributed by atoms with E-state index in [1.807, 2.05) is 11.0 Å². The van der Waals surface area contributed by atoms with E-state index >= 15 is 0 Å². The number of halogens is 1. The van der Waals surface area contributed by atoms with Gasteiger partial charge in [0.25, 0.3) is 5.91 Å². The van der Waals surface area contributed by atoms with Crippen molar-refractivity contribution in [3.8, 4) is 16.5 Å². The van der Waals surface area contributed by atoms with Crippen molar-refractivity contribution in [1.82, 2.24) is 9.80 Å². The number of benzene rings is 1. The average Bonchev–Trinajstić information content (AvgIpc) is 3.43. The highest BCUT2D eigenvalue weighted by Crippen LogP contribution is 2.30. The van der Waals surface area contributed by atoms with Gasteiger partial charge < -0.3 is 9.80 Å². The maximum absolute atomic E-state index is 14.7. The van der Waals surface area contributed by atoms with E-state index < -0.39 is 5.82 Å². The summed E-state index contributed by atoms with van der Waals surface area (Å²) in [6.45, 7) is 3.81. The molecular weight excluding hydrogens is 361 g/mol. The lowest BCUT2D eigenvalue weighted by molar-refractivity contribution is 0.0704. The number of thiophene rings is 1. The summed E-state index contributed by atoms with van der Waals surface area (Å²) < 4.78 is 14.7. The Kier molecular flexibility index (Phi) is 5.24. The standard InChI is InChI=1S/C21H22FN3OS/c22-19-12-15(20-8-6-17(13-23)27-20)5-7-18(19)21(26)25-11-3-4-16(25)14-24-9-1-2-10-24/h5-8,12,16H,1-4,9-11,14H2/t16-/m0/s1. The quantitative estimate of drug-likeness (QED) is 0.798. The first kappa shape index (κ1) is 18.1. The molecule has 1 amide bonds. The van der Waals surface area contributed by atoms with Crippen molar-refractivity contribution in [2.75, 3.05) is 26.2 Å². The Morgan fingerprint density at radius 1 is 1.19 bits per heavy atom. The largest absolute Gasteiger partial charge is 0.334 e. The molecule has 0 aliphatic carbocycles. The Labute approximate surface area is 162 Å². The molecule has 1 aromatic carbocycles. The molecule has 4 rings (SSSR count). The Bertz CT molecular complexity index is 882. The van der Waals surface area contributed by atoms with Crippen molar-refractivity contribution in [3.63, 3.8) is 0 Å². The molecule has 0 bridgehead atoms. The zero-order valence-corrected chi connectivity index (χ0v) is 16.0. The van der Waals surface area contributed by atoms with Crippen molar-refractivity contribution < 1.29 is 9.18 Å². The summed E-state index contributed by atoms with van der Waals surface area (Å²) in [5.74, 6) is -0.694. The summed E-state index contributed by atoms with van der Waals surface area (Å²) in [6, 6.07) is 10.6. The van der Waals surface area contributed by atoms with Crippen LogP contribution in [0.25, 0.3) is 10.4 Å². The molecule has 140 valence electrons. The van der Waals surface area contributed by atoms with Crippen molar-refractivity contribution in [3.05, 3.63) is 46.6 Å². The first-order chi connectivity index (χ1) is 13.2. The minimum Gasteiger partial charge on any atom is -0.334 e. The molecule has 2 aliphatic rings. The molecule has 27 heavy (non-hydrogen) atoms. The Morgan fingerprint density at radius 2 is 2.00 bits per heavy atom. The van der Waals surface area contributed by atoms with Crippen LogP contribution in [0.4, 0.5) is 4.39 Å². The summed E-state index contributed by atoms with van der Waals surface area (Å²) in [4.78, 5) is 18.7. The third-order valence-corrected chi connectivity index (χ3v) is 6.54. The SMILES string of the molecule is N#Cc1ccc(-c2ccc(C(=O)N3CCC[C@H]3CN3CCCC3)c(F)c2)s1. The number of hydrogen-bond acceptors (Lipinski definition) is 4. The van der Waals surface area contributed by atoms with Crippen LogP contribution in [-0.2, 0) is 0 Å². The minimum absolute atomic E-state index is 0.143. The molecule has 3 heterocycles. The van der Waals surface area contributed by atoms with E-state index in [-0.39, 0.29) is 17.5 Å². The monoisotopic (exact) mass is 383 g/mol. The van der Waals surface area contributed by atoms with E-state index in [1.54, 1.807) is 18.2 Å². The van der Waals surface area contributed by atoms with Crippen LogP contribution >= 0.6 is 11.3 Å². The van der Waals surface area contributed by atoms with Gasteiger partial charge in [-0.2, -0.15) is 5.26 Å². The molecule has 2 aromatic rings. The first-order valence-corrected chi connectivity index (χ1v) is 10.3. The zero-order chi connectivity index (χ0) is 18.8. The zero-order valence-electron chi connectivity index (χ0n) is 15.2. The van der Waals surface area contributed by atoms with Crippen molar-refractivity contribution in [2.24, 2.45) is 0 Å². The van der Waals surface area contributed by atoms with Gasteiger partial charge in [0, 0.05) is 24.0 Å². The van der Waals surface area contributed by atoms with Crippen LogP contribution in [0, 0.1) is 17.1 Å². The van der Waals surface area contributed by atoms with Gasteiger partial charge in [0.15, 0.2) is 0 Å². The molecule has 4 nitrogen and oxygen atoms in total. The lowest BCUT2D eigenvalue weighted by atomic mass is 10.1. The molecule has 0 unspecified atom stereocenters. The topological polar surface area (TPSA) is 47.3 Å². The molecular formula is C21H22FN3OS. The van der Waals surface area contributed by atoms with Crippen molar-refractivity contribution in [1.29, 1.82) is 5.26 Å². The summed E-state index contributed by atoms with van der Waals surface area (Å²) in [6.07, 6.45) is 4.43. The highest BCUT2D eigenvalue weighted by molar-refractivity contribution is 7.16. The van der Waals surface area contributed by atoms with Crippen LogP contribution < -0.4 is 0 Å². The summed E-state index contributed by atoms with van der Waals surface area (Å²) >= 11 is 1.32. The number of likely N-dealkylation sites (tertiary alicyclic amines) is 2. The molecule has 1 aromatic heterocycles. The number of nitriles is 1. The van der Waals surface area contributed by atoms with E-state index in [0.717, 1.165) is 37.4 Å². The number of rotatable bonds is 4. The molecule has 2 fully saturated rings. The van der Waals surface area contributed by atoms with E-state index in [1.165, 1.54) is 30.2 Å². The second-order valence-electron chi connectivity index (χ2n) is 7.27. The lowest BCUT2D eigenvalue weighted by Crippen LogP contribution is -2.42. The van der Waals surface area contributed by atoms with Gasteiger partial charge in [-0.15, -0.1) is 11.3 Å². The molecule has 0 spiro atoms. The Balaban J connectivity index is 1.51. The maximum Gasteiger partial charge on any atom is 0.257 e. The normalized spacial score (nSPS) is 20.1. The maximum atomic E-state index is 14.7. The Morgan fingerprint density at radius 3 is 2.70 bits per heavy atom. The predicted molar refractivity (Wildman–Crippen MR) is 104 cm³/mol. The van der Waals surface area contributed by atoms with Gasteiger partial charge >= 0.3 is 0 Å². The highest BCUT2D eigenvalue weighted by atomic mass is 32.1. The van der Waals surface area contributed by atoms with E-state index in [0.29, 0.717) is 17.0 Å². The van der Waals surface area contributed by atoms with Crippen LogP contribution in [-0.4, -0.2) is 47.9 Å². The van der Waals surface area contributed by atoms with Gasteiger partial charge in [-0.05, 0) is 68.6 Å². The second-order valence-corrected chi connectivity index (χ2v) is 8.36. The average molecular weight is 383 g/mol. The minimum atomic E-state index is -0.490. The number of hydrogen-bond donors (Lipinski definition) is 0. The van der Waals surface area contributed by atoms with Crippen LogP contribution in [0.1, 0.15) is 40.9 Å². The smallest absolute Gasteiger partial charge is 0.257 e. The molecule has 2 saturated heterocycles. The molecule has 0 radical (unpaired) electrons. The number of nitrogens with zero attached hydrogens (tertiary/aromatic N) is 3. The third kappa shape index (κ3) is 3.76. The van der Waals surface area contributed by atoms with Gasteiger partial charge in [-0.25, -0.2) is 4.39 Å². The van der Waals surface area contributed by atoms with Crippen LogP contribution in [0.2, 0.25) is 0 Å². The van der Waals surface area contributed by atoms with E-state index in [9.17, 15) is 9.18 Å². The third-order valence-electron chi connectivity index (χ3n) is 5.51. The van der Waals surface area contributed by atoms with Crippen LogP contribution in [0.15, 0.2) is 30.3 Å². The summed E-state index contributed by atoms with van der Waals surface area (Å²) in [5.41, 5.74) is 0.842. The summed E-state index contributed by atoms with van der Waals surface area (Å²) in [7, 11) is 0. The second kappa shape index (κ2) is 7.79. The van der Waals surface area contributed by atoms with Gasteiger partial charge in [0.1, 0.15) is 16.8 Å². The highest BCUT2D eigenvalue weighted by Gasteiger charge is 2.32. The first-order valence-electron chi connectivity index (χ1n) is 9.49. The van der Waals surface area contributed by atoms with Crippen molar-refractivity contribution in [2.45, 2.75) is 31.7 Å². The van der Waals surface area contributed by atoms with Crippen molar-refractivity contribution >= 4 is 17.2 Å². The molecule has 0 saturated carbocycles. The number of carbonyl (C=O) groups excluding carboxylic acids is 1. The van der Waals surface area contributed by atoms with E-state index in [4.69, 9.17) is 5.26 Å². The van der Waals surface area contributed by atoms with Gasteiger partial charge in [0.05, 0.1) is 5.56 Å². The predicted octanol–water partition coefficient (Wildman–Crippen LogP) is 4.13. The molecule has 1 atom stereocenters. The molecule has 2 aliphatic heterocycles. The lowest BCUT2D eigenvalue weighted by Gasteiger charge is -2.28. The van der Waals surface area contributed by atoms with E-state index in [2.05, 4.69) is 11.0 Å². The number of carbonyl (C=O) groups is 1. The molecule has 6 heteroatoms.